The number of pyridine rings is 4. The minimum Gasteiger partial charge on any atom is -0.296 e. The zero-order chi connectivity index (χ0) is 21.8. The lowest BCUT2D eigenvalue weighted by Gasteiger charge is -2.34. The van der Waals surface area contributed by atoms with Crippen LogP contribution in [0.5, 0.6) is 0 Å². The fraction of sp³-hybridized carbons (Fsp3) is 0.231. The molecular formula is C26H29N5. The molecule has 0 atom stereocenters. The zero-order valence-electron chi connectivity index (χ0n) is 18.2. The summed E-state index contributed by atoms with van der Waals surface area (Å²) in [6.07, 6.45) is 9.05. The van der Waals surface area contributed by atoms with Crippen molar-refractivity contribution >= 4 is 0 Å². The minimum absolute atomic E-state index is 0.284. The normalized spacial score (nSPS) is 10.9. The third-order valence-electron chi connectivity index (χ3n) is 5.13. The summed E-state index contributed by atoms with van der Waals surface area (Å²) in [4.78, 5) is 19.9. The summed E-state index contributed by atoms with van der Waals surface area (Å²) in [5, 5.41) is 0. The van der Waals surface area contributed by atoms with Gasteiger partial charge in [-0.15, -0.1) is 0 Å². The van der Waals surface area contributed by atoms with Crippen molar-refractivity contribution in [2.24, 2.45) is 0 Å². The Hall–Kier alpha value is -3.44. The average Bonchev–Trinajstić information content (AvgIpc) is 2.86. The Bertz CT molecular complexity index is 913. The van der Waals surface area contributed by atoms with Crippen LogP contribution in [0.25, 0.3) is 0 Å². The lowest BCUT2D eigenvalue weighted by Crippen LogP contribution is -2.40. The first-order valence-corrected chi connectivity index (χ1v) is 10.5. The second-order valence-electron chi connectivity index (χ2n) is 7.41. The van der Waals surface area contributed by atoms with E-state index in [1.807, 2.05) is 73.2 Å². The van der Waals surface area contributed by atoms with E-state index in [1.54, 1.807) is 12.4 Å². The van der Waals surface area contributed by atoms with Crippen LogP contribution in [0.3, 0.4) is 0 Å². The highest BCUT2D eigenvalue weighted by Gasteiger charge is 2.33. The summed E-state index contributed by atoms with van der Waals surface area (Å²) in [7, 11) is 0. The molecule has 5 nitrogen and oxygen atoms in total. The van der Waals surface area contributed by atoms with Crippen LogP contribution in [0.4, 0.5) is 0 Å². The van der Waals surface area contributed by atoms with Gasteiger partial charge in [-0.25, -0.2) is 0 Å². The van der Waals surface area contributed by atoms with Crippen LogP contribution in [0.15, 0.2) is 104 Å². The molecule has 0 bridgehead atoms. The summed E-state index contributed by atoms with van der Waals surface area (Å²) in [6.45, 7) is 6.98. The van der Waals surface area contributed by atoms with Crippen molar-refractivity contribution in [1.82, 2.24) is 24.8 Å². The molecule has 4 aromatic rings. The Morgan fingerprint density at radius 3 is 1.61 bits per heavy atom. The van der Waals surface area contributed by atoms with E-state index in [4.69, 9.17) is 0 Å². The van der Waals surface area contributed by atoms with Crippen LogP contribution in [0.2, 0.25) is 0 Å². The highest BCUT2D eigenvalue weighted by atomic mass is 15.1. The van der Waals surface area contributed by atoms with Gasteiger partial charge in [-0.3, -0.25) is 24.8 Å². The number of nitrogens with zero attached hydrogens (tertiary/aromatic N) is 5. The van der Waals surface area contributed by atoms with Gasteiger partial charge in [0, 0.05) is 44.1 Å². The third-order valence-corrected chi connectivity index (χ3v) is 5.13. The molecule has 31 heavy (non-hydrogen) atoms. The lowest BCUT2D eigenvalue weighted by molar-refractivity contribution is 0.229. The Morgan fingerprint density at radius 2 is 1.23 bits per heavy atom. The molecule has 0 fully saturated rings. The Kier molecular flexibility index (Phi) is 8.38. The Labute approximate surface area is 184 Å². The molecule has 4 aromatic heterocycles. The molecule has 0 aromatic carbocycles. The van der Waals surface area contributed by atoms with Crippen molar-refractivity contribution in [2.45, 2.75) is 25.8 Å². The van der Waals surface area contributed by atoms with E-state index in [2.05, 4.69) is 56.9 Å². The summed E-state index contributed by atoms with van der Waals surface area (Å²) < 4.78 is 0. The predicted octanol–water partition coefficient (Wildman–Crippen LogP) is 4.78. The van der Waals surface area contributed by atoms with E-state index < -0.39 is 0 Å². The maximum atomic E-state index is 4.64. The largest absolute Gasteiger partial charge is 0.296 e. The lowest BCUT2D eigenvalue weighted by atomic mass is 9.81. The molecule has 0 radical (unpaired) electrons. The van der Waals surface area contributed by atoms with E-state index in [0.29, 0.717) is 0 Å². The van der Waals surface area contributed by atoms with Crippen molar-refractivity contribution in [3.63, 3.8) is 0 Å². The number of hydrogen-bond acceptors (Lipinski definition) is 5. The van der Waals surface area contributed by atoms with Gasteiger partial charge in [0.1, 0.15) is 0 Å². The van der Waals surface area contributed by atoms with Gasteiger partial charge in [-0.1, -0.05) is 31.2 Å². The van der Waals surface area contributed by atoms with Gasteiger partial charge in [0.25, 0.3) is 0 Å². The molecule has 5 heteroatoms. The molecular weight excluding hydrogens is 382 g/mol. The fourth-order valence-electron chi connectivity index (χ4n) is 3.43. The summed E-state index contributed by atoms with van der Waals surface area (Å²) in [5.41, 5.74) is 2.86. The topological polar surface area (TPSA) is 54.8 Å². The highest BCUT2D eigenvalue weighted by molar-refractivity contribution is 5.30. The third kappa shape index (κ3) is 6.52. The first-order valence-electron chi connectivity index (χ1n) is 10.5. The molecule has 0 saturated carbocycles. The summed E-state index contributed by atoms with van der Waals surface area (Å²) in [6, 6.07) is 23.9. The average molecular weight is 412 g/mol. The van der Waals surface area contributed by atoms with Crippen molar-refractivity contribution in [3.05, 3.63) is 121 Å². The van der Waals surface area contributed by atoms with Gasteiger partial charge in [0.05, 0.1) is 22.5 Å². The molecule has 0 N–H and O–H groups in total. The van der Waals surface area contributed by atoms with Crippen LogP contribution in [-0.2, 0) is 12.0 Å². The number of likely N-dealkylation sites (N-methyl/N-ethyl adjacent to an activating group) is 1. The van der Waals surface area contributed by atoms with E-state index in [1.165, 1.54) is 0 Å². The minimum atomic E-state index is -0.284. The van der Waals surface area contributed by atoms with Crippen LogP contribution < -0.4 is 0 Å². The zero-order valence-corrected chi connectivity index (χ0v) is 18.2. The molecule has 0 saturated heterocycles. The van der Waals surface area contributed by atoms with Crippen LogP contribution in [-0.4, -0.2) is 37.9 Å². The van der Waals surface area contributed by atoms with Gasteiger partial charge >= 0.3 is 0 Å². The second kappa shape index (κ2) is 11.7. The second-order valence-corrected chi connectivity index (χ2v) is 7.41. The molecule has 0 unspecified atom stereocenters. The number of hydrogen-bond donors (Lipinski definition) is 0. The van der Waals surface area contributed by atoms with Crippen LogP contribution in [0, 0.1) is 0 Å². The molecule has 4 heterocycles. The van der Waals surface area contributed by atoms with Gasteiger partial charge in [0.2, 0.25) is 0 Å². The van der Waals surface area contributed by atoms with E-state index in [-0.39, 0.29) is 5.41 Å². The monoisotopic (exact) mass is 411 g/mol. The number of rotatable bonds is 7. The van der Waals surface area contributed by atoms with E-state index in [0.717, 1.165) is 36.7 Å². The van der Waals surface area contributed by atoms with Crippen LogP contribution >= 0.6 is 0 Å². The smallest absolute Gasteiger partial charge is 0.0646 e. The molecule has 0 spiro atoms. The number of aromatic nitrogens is 4. The molecule has 0 aliphatic carbocycles. The predicted molar refractivity (Wildman–Crippen MR) is 124 cm³/mol. The van der Waals surface area contributed by atoms with Gasteiger partial charge in [-0.2, -0.15) is 0 Å². The molecule has 4 rings (SSSR count). The summed E-state index contributed by atoms with van der Waals surface area (Å²) >= 11 is 0. The Morgan fingerprint density at radius 1 is 0.677 bits per heavy atom. The van der Waals surface area contributed by atoms with Crippen LogP contribution in [0.1, 0.15) is 30.9 Å². The maximum absolute atomic E-state index is 4.64. The van der Waals surface area contributed by atoms with Crippen molar-refractivity contribution in [1.29, 1.82) is 0 Å². The standard InChI is InChI=1S/C21H24N4.C5H5N/c1-3-25(16-18-10-4-7-13-22-18)17-21(2,19-11-5-8-14-23-19)20-12-6-9-15-24-20;1-2-4-6-5-3-1/h4-15H,3,16-17H2,1-2H3;1-5H. The summed E-state index contributed by atoms with van der Waals surface area (Å²) in [5.74, 6) is 0. The van der Waals surface area contributed by atoms with Crippen molar-refractivity contribution in [2.75, 3.05) is 13.1 Å². The van der Waals surface area contributed by atoms with Crippen molar-refractivity contribution < 1.29 is 0 Å². The quantitative estimate of drug-likeness (QED) is 0.438. The van der Waals surface area contributed by atoms with Crippen molar-refractivity contribution in [3.8, 4) is 0 Å². The molecule has 0 aliphatic heterocycles. The molecule has 158 valence electrons. The maximum Gasteiger partial charge on any atom is 0.0646 e. The van der Waals surface area contributed by atoms with E-state index >= 15 is 0 Å². The van der Waals surface area contributed by atoms with Gasteiger partial charge < -0.3 is 0 Å². The van der Waals surface area contributed by atoms with Gasteiger partial charge in [0.15, 0.2) is 0 Å². The fourth-order valence-corrected chi connectivity index (χ4v) is 3.43. The van der Waals surface area contributed by atoms with E-state index in [9.17, 15) is 0 Å². The molecule has 0 amide bonds. The highest BCUT2D eigenvalue weighted by Crippen LogP contribution is 2.30. The first kappa shape index (κ1) is 22.2. The first-order chi connectivity index (χ1) is 15.2. The Balaban J connectivity index is 0.000000391. The SMILES string of the molecule is CCN(Cc1ccccn1)CC(C)(c1ccccn1)c1ccccn1.c1ccncc1. The van der Waals surface area contributed by atoms with Gasteiger partial charge in [-0.05, 0) is 62.0 Å². The molecule has 0 aliphatic rings.